The first-order valence-electron chi connectivity index (χ1n) is 5.68. The topological polar surface area (TPSA) is 50.1 Å². The summed E-state index contributed by atoms with van der Waals surface area (Å²) in [6, 6.07) is 4.56. The van der Waals surface area contributed by atoms with Crippen molar-refractivity contribution in [3.8, 4) is 0 Å². The molecule has 0 radical (unpaired) electrons. The molecule has 2 aromatic rings. The maximum Gasteiger partial charge on any atom is 0.0640 e. The Bertz CT molecular complexity index is 438. The van der Waals surface area contributed by atoms with Gasteiger partial charge in [-0.2, -0.15) is 5.10 Å². The van der Waals surface area contributed by atoms with Gasteiger partial charge in [-0.05, 0) is 18.4 Å². The molecule has 4 nitrogen and oxygen atoms in total. The zero-order chi connectivity index (χ0) is 12.1. The van der Waals surface area contributed by atoms with Crippen molar-refractivity contribution in [3.05, 3.63) is 40.3 Å². The van der Waals surface area contributed by atoms with Crippen LogP contribution in [0.4, 0.5) is 0 Å². The van der Waals surface area contributed by atoms with Crippen molar-refractivity contribution in [2.75, 3.05) is 6.61 Å². The molecule has 0 fully saturated rings. The van der Waals surface area contributed by atoms with E-state index in [2.05, 4.69) is 34.9 Å². The number of aromatic nitrogens is 2. The fourth-order valence-electron chi connectivity index (χ4n) is 1.63. The van der Waals surface area contributed by atoms with E-state index in [1.54, 1.807) is 16.0 Å². The van der Waals surface area contributed by atoms with E-state index < -0.39 is 0 Å². The minimum atomic E-state index is 0.125. The van der Waals surface area contributed by atoms with Crippen LogP contribution in [0.5, 0.6) is 0 Å². The molecule has 0 unspecified atom stereocenters. The Hall–Kier alpha value is -1.17. The number of aliphatic hydroxyl groups excluding tert-OH is 1. The molecule has 17 heavy (non-hydrogen) atoms. The molecule has 0 amide bonds. The Balaban J connectivity index is 1.84. The second-order valence-electron chi connectivity index (χ2n) is 3.95. The fraction of sp³-hybridized carbons (Fsp3) is 0.417. The van der Waals surface area contributed by atoms with Gasteiger partial charge in [0.1, 0.15) is 0 Å². The van der Waals surface area contributed by atoms with Gasteiger partial charge in [0.05, 0.1) is 19.3 Å². The summed E-state index contributed by atoms with van der Waals surface area (Å²) < 4.78 is 1.76. The van der Waals surface area contributed by atoms with Crippen LogP contribution in [0.2, 0.25) is 0 Å². The summed E-state index contributed by atoms with van der Waals surface area (Å²) >= 11 is 1.76. The summed E-state index contributed by atoms with van der Waals surface area (Å²) in [6.45, 7) is 3.63. The number of hydrogen-bond acceptors (Lipinski definition) is 4. The van der Waals surface area contributed by atoms with Gasteiger partial charge in [0.15, 0.2) is 0 Å². The van der Waals surface area contributed by atoms with Gasteiger partial charge < -0.3 is 10.4 Å². The zero-order valence-corrected chi connectivity index (χ0v) is 10.7. The zero-order valence-electron chi connectivity index (χ0n) is 9.84. The van der Waals surface area contributed by atoms with Gasteiger partial charge in [-0.15, -0.1) is 11.3 Å². The highest BCUT2D eigenvalue weighted by Crippen LogP contribution is 2.18. The van der Waals surface area contributed by atoms with Crippen LogP contribution < -0.4 is 5.32 Å². The Kier molecular flexibility index (Phi) is 4.30. The molecule has 0 aliphatic heterocycles. The van der Waals surface area contributed by atoms with Gasteiger partial charge in [-0.3, -0.25) is 4.68 Å². The van der Waals surface area contributed by atoms with Crippen molar-refractivity contribution in [2.45, 2.75) is 26.1 Å². The van der Waals surface area contributed by atoms with Crippen molar-refractivity contribution in [1.82, 2.24) is 15.1 Å². The lowest BCUT2D eigenvalue weighted by Gasteiger charge is -2.10. The fourth-order valence-corrected chi connectivity index (χ4v) is 2.39. The number of aliphatic hydroxyl groups is 1. The molecule has 2 N–H and O–H groups in total. The first kappa shape index (κ1) is 12.3. The van der Waals surface area contributed by atoms with Gasteiger partial charge in [0.25, 0.3) is 0 Å². The van der Waals surface area contributed by atoms with E-state index in [-0.39, 0.29) is 6.61 Å². The van der Waals surface area contributed by atoms with Crippen molar-refractivity contribution >= 4 is 11.3 Å². The van der Waals surface area contributed by atoms with Gasteiger partial charge in [0, 0.05) is 29.2 Å². The molecule has 0 bridgehead atoms. The van der Waals surface area contributed by atoms with Crippen LogP contribution in [0, 0.1) is 0 Å². The maximum absolute atomic E-state index is 8.80. The van der Waals surface area contributed by atoms with Crippen molar-refractivity contribution in [2.24, 2.45) is 0 Å². The van der Waals surface area contributed by atoms with E-state index in [4.69, 9.17) is 5.11 Å². The molecular weight excluding hydrogens is 234 g/mol. The minimum absolute atomic E-state index is 0.125. The first-order chi connectivity index (χ1) is 8.29. The highest BCUT2D eigenvalue weighted by molar-refractivity contribution is 7.10. The van der Waals surface area contributed by atoms with Crippen LogP contribution in [0.3, 0.4) is 0 Å². The molecule has 2 aromatic heterocycles. The number of nitrogens with zero attached hydrogens (tertiary/aromatic N) is 2. The molecule has 0 aromatic carbocycles. The normalized spacial score (nSPS) is 12.8. The van der Waals surface area contributed by atoms with Crippen LogP contribution in [-0.4, -0.2) is 21.5 Å². The summed E-state index contributed by atoms with van der Waals surface area (Å²) in [5, 5.41) is 18.5. The summed E-state index contributed by atoms with van der Waals surface area (Å²) in [7, 11) is 0. The molecule has 1 atom stereocenters. The van der Waals surface area contributed by atoms with E-state index in [0.717, 1.165) is 12.1 Å². The standard InChI is InChI=1S/C12H17N3OS/c1-10(12-3-2-6-17-12)13-7-11-8-14-15(9-11)4-5-16/h2-3,6,8-10,13,16H,4-5,7H2,1H3/t10-/m1/s1. The maximum atomic E-state index is 8.80. The van der Waals surface area contributed by atoms with Crippen LogP contribution in [0.15, 0.2) is 29.9 Å². The van der Waals surface area contributed by atoms with Crippen molar-refractivity contribution < 1.29 is 5.11 Å². The largest absolute Gasteiger partial charge is 0.394 e. The highest BCUT2D eigenvalue weighted by Gasteiger charge is 2.06. The first-order valence-corrected chi connectivity index (χ1v) is 6.56. The quantitative estimate of drug-likeness (QED) is 0.823. The predicted octanol–water partition coefficient (Wildman–Crippen LogP) is 1.79. The second kappa shape index (κ2) is 5.95. The Morgan fingerprint density at radius 2 is 2.47 bits per heavy atom. The van der Waals surface area contributed by atoms with Crippen molar-refractivity contribution in [3.63, 3.8) is 0 Å². The van der Waals surface area contributed by atoms with Crippen LogP contribution >= 0.6 is 11.3 Å². The van der Waals surface area contributed by atoms with E-state index in [1.165, 1.54) is 4.88 Å². The summed E-state index contributed by atoms with van der Waals surface area (Å²) in [4.78, 5) is 1.34. The molecular formula is C12H17N3OS. The number of nitrogens with one attached hydrogen (secondary N) is 1. The lowest BCUT2D eigenvalue weighted by molar-refractivity contribution is 0.269. The van der Waals surface area contributed by atoms with Crippen molar-refractivity contribution in [1.29, 1.82) is 0 Å². The van der Waals surface area contributed by atoms with E-state index in [1.807, 2.05) is 12.4 Å². The smallest absolute Gasteiger partial charge is 0.0640 e. The molecule has 2 heterocycles. The number of hydrogen-bond donors (Lipinski definition) is 2. The third-order valence-electron chi connectivity index (χ3n) is 2.60. The van der Waals surface area contributed by atoms with Crippen LogP contribution in [0.1, 0.15) is 23.4 Å². The second-order valence-corrected chi connectivity index (χ2v) is 4.93. The lowest BCUT2D eigenvalue weighted by Crippen LogP contribution is -2.16. The summed E-state index contributed by atoms with van der Waals surface area (Å²) in [5.41, 5.74) is 1.14. The van der Waals surface area contributed by atoms with Gasteiger partial charge >= 0.3 is 0 Å². The molecule has 0 aliphatic rings. The predicted molar refractivity (Wildman–Crippen MR) is 68.9 cm³/mol. The Morgan fingerprint density at radius 3 is 3.18 bits per heavy atom. The molecule has 5 heteroatoms. The SMILES string of the molecule is C[C@@H](NCc1cnn(CCO)c1)c1cccs1. The molecule has 92 valence electrons. The van der Waals surface area contributed by atoms with E-state index in [0.29, 0.717) is 12.6 Å². The number of rotatable bonds is 6. The average Bonchev–Trinajstić information content (AvgIpc) is 2.97. The average molecular weight is 251 g/mol. The monoisotopic (exact) mass is 251 g/mol. The molecule has 0 saturated heterocycles. The molecule has 2 rings (SSSR count). The third-order valence-corrected chi connectivity index (χ3v) is 3.65. The number of thiophene rings is 1. The third kappa shape index (κ3) is 3.39. The van der Waals surface area contributed by atoms with E-state index >= 15 is 0 Å². The summed E-state index contributed by atoms with van der Waals surface area (Å²) in [5.74, 6) is 0. The highest BCUT2D eigenvalue weighted by atomic mass is 32.1. The van der Waals surface area contributed by atoms with Crippen LogP contribution in [-0.2, 0) is 13.1 Å². The lowest BCUT2D eigenvalue weighted by atomic mass is 10.2. The Labute approximate surface area is 105 Å². The van der Waals surface area contributed by atoms with E-state index in [9.17, 15) is 0 Å². The van der Waals surface area contributed by atoms with Gasteiger partial charge in [-0.1, -0.05) is 6.07 Å². The summed E-state index contributed by atoms with van der Waals surface area (Å²) in [6.07, 6.45) is 3.80. The minimum Gasteiger partial charge on any atom is -0.394 e. The molecule has 0 spiro atoms. The van der Waals surface area contributed by atoms with Gasteiger partial charge in [-0.25, -0.2) is 0 Å². The van der Waals surface area contributed by atoms with Crippen LogP contribution in [0.25, 0.3) is 0 Å². The molecule has 0 aliphatic carbocycles. The molecule has 0 saturated carbocycles. The van der Waals surface area contributed by atoms with Gasteiger partial charge in [0.2, 0.25) is 0 Å². The Morgan fingerprint density at radius 1 is 1.59 bits per heavy atom.